The number of para-hydroxylation sites is 2. The molecule has 0 aliphatic carbocycles. The second-order valence-electron chi connectivity index (χ2n) is 7.07. The van der Waals surface area contributed by atoms with Gasteiger partial charge in [-0.25, -0.2) is 12.8 Å². The summed E-state index contributed by atoms with van der Waals surface area (Å²) in [6, 6.07) is 21.1. The zero-order valence-corrected chi connectivity index (χ0v) is 16.7. The van der Waals surface area contributed by atoms with Crippen LogP contribution in [0.1, 0.15) is 0 Å². The molecule has 29 heavy (non-hydrogen) atoms. The van der Waals surface area contributed by atoms with E-state index in [1.807, 2.05) is 53.1 Å². The summed E-state index contributed by atoms with van der Waals surface area (Å²) in [5.74, 6) is -0.534. The van der Waals surface area contributed by atoms with Gasteiger partial charge < -0.3 is 9.67 Å². The van der Waals surface area contributed by atoms with Gasteiger partial charge in [0.15, 0.2) is 0 Å². The van der Waals surface area contributed by atoms with Crippen molar-refractivity contribution in [3.8, 4) is 0 Å². The first-order chi connectivity index (χ1) is 13.8. The fourth-order valence-electron chi connectivity index (χ4n) is 3.72. The minimum Gasteiger partial charge on any atom is -0.389 e. The van der Waals surface area contributed by atoms with E-state index in [1.165, 1.54) is 18.2 Å². The number of hydrogen-bond acceptors (Lipinski definition) is 3. The molecule has 1 atom stereocenters. The second-order valence-corrected chi connectivity index (χ2v) is 8.98. The van der Waals surface area contributed by atoms with Crippen molar-refractivity contribution in [1.29, 1.82) is 0 Å². The maximum atomic E-state index is 13.6. The average molecular weight is 412 g/mol. The number of aromatic nitrogens is 1. The molecule has 4 aromatic rings. The van der Waals surface area contributed by atoms with Crippen LogP contribution in [0.3, 0.4) is 0 Å². The van der Waals surface area contributed by atoms with Crippen molar-refractivity contribution in [2.45, 2.75) is 12.6 Å². The van der Waals surface area contributed by atoms with Crippen LogP contribution in [0.5, 0.6) is 0 Å². The summed E-state index contributed by atoms with van der Waals surface area (Å²) in [4.78, 5) is 0. The van der Waals surface area contributed by atoms with E-state index in [2.05, 4.69) is 0 Å². The van der Waals surface area contributed by atoms with Crippen LogP contribution in [0.4, 0.5) is 10.1 Å². The fraction of sp³-hybridized carbons (Fsp3) is 0.182. The van der Waals surface area contributed by atoms with E-state index in [-0.39, 0.29) is 18.8 Å². The summed E-state index contributed by atoms with van der Waals surface area (Å²) < 4.78 is 41.2. The molecule has 1 aromatic heterocycles. The number of nitrogens with zero attached hydrogens (tertiary/aromatic N) is 2. The lowest BCUT2D eigenvalue weighted by molar-refractivity contribution is 0.166. The van der Waals surface area contributed by atoms with Crippen LogP contribution in [0.25, 0.3) is 21.8 Å². The first-order valence-electron chi connectivity index (χ1n) is 9.22. The van der Waals surface area contributed by atoms with Gasteiger partial charge in [0.1, 0.15) is 5.82 Å². The highest BCUT2D eigenvalue weighted by atomic mass is 32.2. The van der Waals surface area contributed by atoms with Crippen LogP contribution in [0.15, 0.2) is 72.8 Å². The molecule has 1 N–H and O–H groups in total. The van der Waals surface area contributed by atoms with Crippen molar-refractivity contribution < 1.29 is 17.9 Å². The van der Waals surface area contributed by atoms with Gasteiger partial charge in [0.05, 0.1) is 31.1 Å². The van der Waals surface area contributed by atoms with Crippen LogP contribution < -0.4 is 4.31 Å². The summed E-state index contributed by atoms with van der Waals surface area (Å²) in [5, 5.41) is 12.9. The zero-order valence-electron chi connectivity index (χ0n) is 15.9. The highest BCUT2D eigenvalue weighted by Crippen LogP contribution is 2.29. The standard InChI is InChI=1S/C22H21FN2O3S/c1-29(27,28)25(17-8-6-7-16(23)13-17)15-18(26)14-24-21-11-4-2-9-19(21)20-10-3-5-12-22(20)24/h2-13,18,26H,14-15H2,1H3. The van der Waals surface area contributed by atoms with E-state index >= 15 is 0 Å². The van der Waals surface area contributed by atoms with Gasteiger partial charge in [0.25, 0.3) is 0 Å². The molecular weight excluding hydrogens is 391 g/mol. The number of benzene rings is 3. The van der Waals surface area contributed by atoms with Gasteiger partial charge in [-0.1, -0.05) is 42.5 Å². The Morgan fingerprint density at radius 3 is 2.10 bits per heavy atom. The minimum absolute atomic E-state index is 0.177. The summed E-state index contributed by atoms with van der Waals surface area (Å²) in [6.45, 7) is 0.0263. The quantitative estimate of drug-likeness (QED) is 0.525. The lowest BCUT2D eigenvalue weighted by Gasteiger charge is -2.25. The predicted octanol–water partition coefficient (Wildman–Crippen LogP) is 3.76. The van der Waals surface area contributed by atoms with Crippen molar-refractivity contribution in [3.63, 3.8) is 0 Å². The number of fused-ring (bicyclic) bond motifs is 3. The first-order valence-corrected chi connectivity index (χ1v) is 11.1. The molecule has 0 saturated carbocycles. The Kier molecular flexibility index (Phi) is 5.02. The fourth-order valence-corrected chi connectivity index (χ4v) is 4.66. The molecule has 1 heterocycles. The smallest absolute Gasteiger partial charge is 0.232 e. The maximum Gasteiger partial charge on any atom is 0.232 e. The Morgan fingerprint density at radius 2 is 1.55 bits per heavy atom. The van der Waals surface area contributed by atoms with Crippen LogP contribution in [-0.2, 0) is 16.6 Å². The summed E-state index contributed by atoms with van der Waals surface area (Å²) in [5.41, 5.74) is 2.11. The van der Waals surface area contributed by atoms with E-state index in [1.54, 1.807) is 0 Å². The Balaban J connectivity index is 1.69. The maximum absolute atomic E-state index is 13.6. The van der Waals surface area contributed by atoms with Crippen LogP contribution in [0.2, 0.25) is 0 Å². The average Bonchev–Trinajstić information content (AvgIpc) is 2.99. The number of hydrogen-bond donors (Lipinski definition) is 1. The van der Waals surface area contributed by atoms with Gasteiger partial charge >= 0.3 is 0 Å². The molecule has 3 aromatic carbocycles. The molecule has 1 unspecified atom stereocenters. The monoisotopic (exact) mass is 412 g/mol. The van der Waals surface area contributed by atoms with Crippen molar-refractivity contribution in [2.24, 2.45) is 0 Å². The van der Waals surface area contributed by atoms with Gasteiger partial charge in [0, 0.05) is 21.8 Å². The lowest BCUT2D eigenvalue weighted by atomic mass is 10.2. The molecule has 150 valence electrons. The molecule has 0 fully saturated rings. The first kappa shape index (κ1) is 19.4. The van der Waals surface area contributed by atoms with E-state index in [4.69, 9.17) is 0 Å². The molecule has 7 heteroatoms. The molecule has 0 saturated heterocycles. The van der Waals surface area contributed by atoms with Crippen LogP contribution in [0, 0.1) is 5.82 Å². The molecule has 0 aliphatic heterocycles. The summed E-state index contributed by atoms with van der Waals surface area (Å²) in [6.07, 6.45) is 0.0534. The zero-order chi connectivity index (χ0) is 20.6. The van der Waals surface area contributed by atoms with E-state index in [0.29, 0.717) is 0 Å². The van der Waals surface area contributed by atoms with Gasteiger partial charge in [-0.2, -0.15) is 0 Å². The van der Waals surface area contributed by atoms with E-state index in [0.717, 1.165) is 38.4 Å². The summed E-state index contributed by atoms with van der Waals surface area (Å²) >= 11 is 0. The highest BCUT2D eigenvalue weighted by molar-refractivity contribution is 7.92. The number of aliphatic hydroxyl groups is 1. The molecule has 0 bridgehead atoms. The Hall–Kier alpha value is -2.90. The Bertz CT molecular complexity index is 1230. The third kappa shape index (κ3) is 3.83. The van der Waals surface area contributed by atoms with E-state index < -0.39 is 21.9 Å². The van der Waals surface area contributed by atoms with Crippen LogP contribution in [-0.4, -0.2) is 37.0 Å². The molecule has 4 rings (SSSR count). The molecular formula is C22H21FN2O3S. The number of rotatable bonds is 6. The third-order valence-electron chi connectivity index (χ3n) is 4.95. The van der Waals surface area contributed by atoms with Gasteiger partial charge in [-0.15, -0.1) is 0 Å². The van der Waals surface area contributed by atoms with Gasteiger partial charge in [-0.3, -0.25) is 4.31 Å². The van der Waals surface area contributed by atoms with Crippen molar-refractivity contribution in [1.82, 2.24) is 4.57 Å². The Morgan fingerprint density at radius 1 is 0.966 bits per heavy atom. The molecule has 5 nitrogen and oxygen atoms in total. The topological polar surface area (TPSA) is 62.5 Å². The molecule has 0 radical (unpaired) electrons. The number of halogens is 1. The van der Waals surface area contributed by atoms with Crippen LogP contribution >= 0.6 is 0 Å². The van der Waals surface area contributed by atoms with Crippen molar-refractivity contribution in [2.75, 3.05) is 17.1 Å². The molecule has 0 spiro atoms. The largest absolute Gasteiger partial charge is 0.389 e. The van der Waals surface area contributed by atoms with Crippen molar-refractivity contribution in [3.05, 3.63) is 78.6 Å². The number of sulfonamides is 1. The molecule has 0 amide bonds. The van der Waals surface area contributed by atoms with E-state index in [9.17, 15) is 17.9 Å². The SMILES string of the molecule is CS(=O)(=O)N(CC(O)Cn1c2ccccc2c2ccccc21)c1cccc(F)c1. The Labute approximate surface area is 168 Å². The lowest BCUT2D eigenvalue weighted by Crippen LogP contribution is -2.38. The number of anilines is 1. The van der Waals surface area contributed by atoms with Crippen molar-refractivity contribution >= 4 is 37.5 Å². The predicted molar refractivity (Wildman–Crippen MR) is 114 cm³/mol. The normalized spacial score (nSPS) is 13.1. The second kappa shape index (κ2) is 7.50. The number of aliphatic hydroxyl groups excluding tert-OH is 1. The summed E-state index contributed by atoms with van der Waals surface area (Å²) in [7, 11) is -3.70. The van der Waals surface area contributed by atoms with Gasteiger partial charge in [0.2, 0.25) is 10.0 Å². The third-order valence-corrected chi connectivity index (χ3v) is 6.11. The molecule has 0 aliphatic rings. The van der Waals surface area contributed by atoms with Gasteiger partial charge in [-0.05, 0) is 30.3 Å². The highest BCUT2D eigenvalue weighted by Gasteiger charge is 2.23. The minimum atomic E-state index is -3.70.